The van der Waals surface area contributed by atoms with E-state index in [1.165, 1.54) is 17.9 Å². The number of nitrogens with zero attached hydrogens (tertiary/aromatic N) is 2. The molecule has 140 valence electrons. The highest BCUT2D eigenvalue weighted by molar-refractivity contribution is 6.31. The summed E-state index contributed by atoms with van der Waals surface area (Å²) in [5.74, 6) is 0.584. The van der Waals surface area contributed by atoms with Crippen molar-refractivity contribution in [1.82, 2.24) is 15.1 Å². The van der Waals surface area contributed by atoms with Crippen molar-refractivity contribution >= 4 is 28.4 Å². The second-order valence-corrected chi connectivity index (χ2v) is 6.27. The molecule has 2 aromatic carbocycles. The summed E-state index contributed by atoms with van der Waals surface area (Å²) in [6.07, 6.45) is 0. The number of hydrogen-bond acceptors (Lipinski definition) is 5. The summed E-state index contributed by atoms with van der Waals surface area (Å²) in [5, 5.41) is 7.58. The molecular formula is C19H18ClN3O4. The second kappa shape index (κ2) is 7.67. The minimum absolute atomic E-state index is 0.187. The smallest absolute Gasteiger partial charge is 0.276 e. The van der Waals surface area contributed by atoms with Crippen LogP contribution in [0.15, 0.2) is 41.2 Å². The third kappa shape index (κ3) is 3.73. The lowest BCUT2D eigenvalue weighted by Gasteiger charge is -2.11. The topological polar surface area (TPSA) is 82.5 Å². The Hall–Kier alpha value is -3.06. The Morgan fingerprint density at radius 1 is 1.15 bits per heavy atom. The average Bonchev–Trinajstić information content (AvgIpc) is 2.68. The zero-order valence-corrected chi connectivity index (χ0v) is 15.8. The summed E-state index contributed by atoms with van der Waals surface area (Å²) in [6.45, 7) is 0.206. The summed E-state index contributed by atoms with van der Waals surface area (Å²) >= 11 is 5.98. The number of nitrogens with one attached hydrogen (secondary N) is 1. The molecule has 0 bridgehead atoms. The Balaban J connectivity index is 1.87. The van der Waals surface area contributed by atoms with Gasteiger partial charge >= 0.3 is 0 Å². The van der Waals surface area contributed by atoms with Gasteiger partial charge in [-0.1, -0.05) is 17.7 Å². The molecule has 0 spiro atoms. The molecule has 1 heterocycles. The van der Waals surface area contributed by atoms with Crippen LogP contribution < -0.4 is 20.2 Å². The van der Waals surface area contributed by atoms with E-state index in [1.807, 2.05) is 0 Å². The first kappa shape index (κ1) is 18.7. The van der Waals surface area contributed by atoms with Crippen LogP contribution in [0.5, 0.6) is 11.5 Å². The number of fused-ring (bicyclic) bond motifs is 1. The van der Waals surface area contributed by atoms with Gasteiger partial charge in [-0.3, -0.25) is 14.3 Å². The number of carbonyl (C=O) groups excluding carboxylic acids is 1. The van der Waals surface area contributed by atoms with Crippen molar-refractivity contribution in [2.45, 2.75) is 6.54 Å². The minimum Gasteiger partial charge on any atom is -0.493 e. The number of benzene rings is 2. The number of rotatable bonds is 5. The lowest BCUT2D eigenvalue weighted by Crippen LogP contribution is -2.31. The van der Waals surface area contributed by atoms with Crippen LogP contribution in [0.4, 0.5) is 0 Å². The molecule has 0 radical (unpaired) electrons. The second-order valence-electron chi connectivity index (χ2n) is 5.83. The lowest BCUT2D eigenvalue weighted by molar-refractivity contribution is 0.0943. The van der Waals surface area contributed by atoms with Crippen LogP contribution in [-0.4, -0.2) is 29.9 Å². The molecule has 0 aliphatic carbocycles. The first-order chi connectivity index (χ1) is 12.9. The number of ether oxygens (including phenoxy) is 2. The molecule has 27 heavy (non-hydrogen) atoms. The van der Waals surface area contributed by atoms with Crippen molar-refractivity contribution in [3.63, 3.8) is 0 Å². The average molecular weight is 388 g/mol. The largest absolute Gasteiger partial charge is 0.493 e. The van der Waals surface area contributed by atoms with Crippen LogP contribution in [-0.2, 0) is 13.6 Å². The number of aromatic nitrogens is 2. The minimum atomic E-state index is -0.563. The summed E-state index contributed by atoms with van der Waals surface area (Å²) < 4.78 is 11.9. The first-order valence-corrected chi connectivity index (χ1v) is 8.48. The van der Waals surface area contributed by atoms with Gasteiger partial charge in [0.25, 0.3) is 5.91 Å². The molecule has 0 aliphatic heterocycles. The van der Waals surface area contributed by atoms with Crippen molar-refractivity contribution in [1.29, 1.82) is 0 Å². The van der Waals surface area contributed by atoms with Gasteiger partial charge in [-0.05, 0) is 35.9 Å². The van der Waals surface area contributed by atoms with Crippen molar-refractivity contribution < 1.29 is 14.3 Å². The number of aryl methyl sites for hydroxylation is 1. The Morgan fingerprint density at radius 2 is 1.89 bits per heavy atom. The molecule has 0 saturated carbocycles. The Bertz CT molecular complexity index is 1080. The zero-order valence-electron chi connectivity index (χ0n) is 15.1. The molecule has 1 amide bonds. The summed E-state index contributed by atoms with van der Waals surface area (Å²) in [6, 6.07) is 10.2. The van der Waals surface area contributed by atoms with Gasteiger partial charge in [-0.15, -0.1) is 0 Å². The van der Waals surface area contributed by atoms with Crippen LogP contribution in [0.3, 0.4) is 0 Å². The van der Waals surface area contributed by atoms with Gasteiger partial charge in [0.1, 0.15) is 0 Å². The van der Waals surface area contributed by atoms with Crippen molar-refractivity contribution in [2.75, 3.05) is 14.2 Å². The highest BCUT2D eigenvalue weighted by Gasteiger charge is 2.17. The standard InChI is InChI=1S/C19H18ClN3O4/c1-23-14-6-5-12(20)9-13(14)18(24)17(22-23)19(25)21-10-11-4-7-15(26-2)16(8-11)27-3/h4-9H,10H2,1-3H3,(H,21,25). The molecule has 0 fully saturated rings. The fraction of sp³-hybridized carbons (Fsp3) is 0.211. The lowest BCUT2D eigenvalue weighted by atomic mass is 10.1. The number of methoxy groups -OCH3 is 2. The van der Waals surface area contributed by atoms with Gasteiger partial charge in [-0.25, -0.2) is 0 Å². The third-order valence-electron chi connectivity index (χ3n) is 4.13. The maximum absolute atomic E-state index is 12.6. The fourth-order valence-corrected chi connectivity index (χ4v) is 2.93. The van der Waals surface area contributed by atoms with Crippen LogP contribution >= 0.6 is 11.6 Å². The van der Waals surface area contributed by atoms with Gasteiger partial charge < -0.3 is 14.8 Å². The quantitative estimate of drug-likeness (QED) is 0.727. The molecule has 0 aliphatic rings. The van der Waals surface area contributed by atoms with E-state index in [1.54, 1.807) is 44.5 Å². The molecule has 0 saturated heterocycles. The van der Waals surface area contributed by atoms with Crippen LogP contribution in [0.2, 0.25) is 5.02 Å². The van der Waals surface area contributed by atoms with Crippen molar-refractivity contribution in [3.8, 4) is 11.5 Å². The van der Waals surface area contributed by atoms with Gasteiger partial charge in [0.05, 0.1) is 25.1 Å². The molecule has 7 nitrogen and oxygen atoms in total. The van der Waals surface area contributed by atoms with Gasteiger partial charge in [0.15, 0.2) is 17.2 Å². The molecule has 1 aromatic heterocycles. The summed E-state index contributed by atoms with van der Waals surface area (Å²) in [7, 11) is 4.75. The maximum atomic E-state index is 12.6. The summed E-state index contributed by atoms with van der Waals surface area (Å²) in [4.78, 5) is 25.2. The van der Waals surface area contributed by atoms with Crippen molar-refractivity contribution in [3.05, 3.63) is 62.9 Å². The zero-order chi connectivity index (χ0) is 19.6. The Labute approximate surface area is 160 Å². The monoisotopic (exact) mass is 387 g/mol. The number of hydrogen-bond donors (Lipinski definition) is 1. The molecule has 8 heteroatoms. The van der Waals surface area contributed by atoms with Crippen LogP contribution in [0.1, 0.15) is 16.1 Å². The SMILES string of the molecule is COc1ccc(CNC(=O)c2nn(C)c3ccc(Cl)cc3c2=O)cc1OC. The van der Waals surface area contributed by atoms with E-state index in [4.69, 9.17) is 21.1 Å². The van der Waals surface area contributed by atoms with E-state index in [0.717, 1.165) is 5.56 Å². The van der Waals surface area contributed by atoms with E-state index >= 15 is 0 Å². The van der Waals surface area contributed by atoms with Crippen molar-refractivity contribution in [2.24, 2.45) is 7.05 Å². The van der Waals surface area contributed by atoms with Gasteiger partial charge in [0, 0.05) is 18.6 Å². The number of carbonyl (C=O) groups is 1. The van der Waals surface area contributed by atoms with Gasteiger partial charge in [-0.2, -0.15) is 5.10 Å². The molecule has 0 unspecified atom stereocenters. The van der Waals surface area contributed by atoms with Crippen LogP contribution in [0, 0.1) is 0 Å². The Morgan fingerprint density at radius 3 is 2.59 bits per heavy atom. The van der Waals surface area contributed by atoms with E-state index in [2.05, 4.69) is 10.4 Å². The first-order valence-electron chi connectivity index (χ1n) is 8.10. The van der Waals surface area contributed by atoms with E-state index < -0.39 is 11.3 Å². The van der Waals surface area contributed by atoms with Gasteiger partial charge in [0.2, 0.25) is 5.43 Å². The highest BCUT2D eigenvalue weighted by Crippen LogP contribution is 2.27. The molecule has 0 atom stereocenters. The molecular weight excluding hydrogens is 370 g/mol. The van der Waals surface area contributed by atoms with E-state index in [-0.39, 0.29) is 12.2 Å². The highest BCUT2D eigenvalue weighted by atomic mass is 35.5. The van der Waals surface area contributed by atoms with E-state index in [9.17, 15) is 9.59 Å². The molecule has 3 rings (SSSR count). The number of amides is 1. The number of halogens is 1. The Kier molecular flexibility index (Phi) is 5.32. The third-order valence-corrected chi connectivity index (χ3v) is 4.37. The van der Waals surface area contributed by atoms with E-state index in [0.29, 0.717) is 27.4 Å². The molecule has 3 aromatic rings. The van der Waals surface area contributed by atoms with Crippen LogP contribution in [0.25, 0.3) is 10.9 Å². The predicted molar refractivity (Wildman–Crippen MR) is 103 cm³/mol. The predicted octanol–water partition coefficient (Wildman–Crippen LogP) is 2.53. The fourth-order valence-electron chi connectivity index (χ4n) is 2.75. The normalized spacial score (nSPS) is 10.7. The molecule has 1 N–H and O–H groups in total. The maximum Gasteiger partial charge on any atom is 0.276 e. The summed E-state index contributed by atoms with van der Waals surface area (Å²) in [5.41, 5.74) is 0.741.